The van der Waals surface area contributed by atoms with E-state index in [1.165, 1.54) is 16.7 Å². The number of benzene rings is 1. The SMILES string of the molecule is C=C1C2CC3C(=O)c4c(C)c5c(c(CC=C(C)C)c4OC34C(C2)C(C)(C)OC14CC=C(C)C)O[C@](C)(CCC=C(C)C)C=C5. The van der Waals surface area contributed by atoms with Gasteiger partial charge in [0.1, 0.15) is 22.7 Å². The van der Waals surface area contributed by atoms with Crippen molar-refractivity contribution in [3.8, 4) is 11.5 Å². The Morgan fingerprint density at radius 1 is 0.955 bits per heavy atom. The highest BCUT2D eigenvalue weighted by molar-refractivity contribution is 6.06. The number of fused-ring (bicyclic) bond motifs is 2. The van der Waals surface area contributed by atoms with Crippen LogP contribution in [-0.4, -0.2) is 28.2 Å². The first-order chi connectivity index (χ1) is 20.6. The summed E-state index contributed by atoms with van der Waals surface area (Å²) in [6.45, 7) is 26.1. The van der Waals surface area contributed by atoms with E-state index in [1.54, 1.807) is 0 Å². The molecule has 236 valence electrons. The number of allylic oxidation sites excluding steroid dienone is 5. The van der Waals surface area contributed by atoms with Crippen LogP contribution in [0.3, 0.4) is 0 Å². The number of hydrogen-bond donors (Lipinski definition) is 0. The average molecular weight is 597 g/mol. The van der Waals surface area contributed by atoms with Crippen molar-refractivity contribution in [3.63, 3.8) is 0 Å². The molecule has 0 radical (unpaired) electrons. The highest BCUT2D eigenvalue weighted by atomic mass is 16.6. The van der Waals surface area contributed by atoms with Crippen molar-refractivity contribution in [2.24, 2.45) is 17.8 Å². The average Bonchev–Trinajstić information content (AvgIpc) is 3.08. The maximum absolute atomic E-state index is 15.0. The molecule has 4 nitrogen and oxygen atoms in total. The molecule has 5 unspecified atom stereocenters. The Hall–Kier alpha value is -2.85. The summed E-state index contributed by atoms with van der Waals surface area (Å²) in [6, 6.07) is 0. The molecule has 3 saturated carbocycles. The van der Waals surface area contributed by atoms with Crippen LogP contribution in [-0.2, 0) is 11.2 Å². The van der Waals surface area contributed by atoms with Gasteiger partial charge in [0.25, 0.3) is 0 Å². The Morgan fingerprint density at radius 2 is 1.64 bits per heavy atom. The summed E-state index contributed by atoms with van der Waals surface area (Å²) in [5, 5.41) is 0. The topological polar surface area (TPSA) is 44.8 Å². The number of carbonyl (C=O) groups excluding carboxylic acids is 1. The lowest BCUT2D eigenvalue weighted by Gasteiger charge is -2.62. The van der Waals surface area contributed by atoms with E-state index >= 15 is 4.79 Å². The van der Waals surface area contributed by atoms with Crippen LogP contribution in [0.5, 0.6) is 11.5 Å². The van der Waals surface area contributed by atoms with E-state index in [1.807, 2.05) is 0 Å². The second-order valence-electron chi connectivity index (χ2n) is 15.7. The smallest absolute Gasteiger partial charge is 0.174 e. The number of rotatable bonds is 7. The molecule has 1 spiro atoms. The first-order valence-corrected chi connectivity index (χ1v) is 16.7. The van der Waals surface area contributed by atoms with Gasteiger partial charge in [-0.2, -0.15) is 0 Å². The molecule has 3 aliphatic heterocycles. The Morgan fingerprint density at radius 3 is 2.30 bits per heavy atom. The zero-order chi connectivity index (χ0) is 32.0. The van der Waals surface area contributed by atoms with Crippen LogP contribution in [0, 0.1) is 24.7 Å². The van der Waals surface area contributed by atoms with Gasteiger partial charge in [0.2, 0.25) is 0 Å². The summed E-state index contributed by atoms with van der Waals surface area (Å²) in [5.74, 6) is 1.84. The molecule has 7 rings (SSSR count). The normalized spacial score (nSPS) is 33.5. The van der Waals surface area contributed by atoms with Crippen LogP contribution in [0.1, 0.15) is 121 Å². The molecular formula is C40H52O4. The number of carbonyl (C=O) groups is 1. The third kappa shape index (κ3) is 4.37. The van der Waals surface area contributed by atoms with Crippen molar-refractivity contribution in [1.29, 1.82) is 0 Å². The van der Waals surface area contributed by atoms with Gasteiger partial charge in [0, 0.05) is 23.5 Å². The van der Waals surface area contributed by atoms with Gasteiger partial charge in [-0.05, 0) is 124 Å². The van der Waals surface area contributed by atoms with Gasteiger partial charge in [0.05, 0.1) is 17.1 Å². The molecule has 44 heavy (non-hydrogen) atoms. The van der Waals surface area contributed by atoms with Crippen molar-refractivity contribution in [1.82, 2.24) is 0 Å². The largest absolute Gasteiger partial charge is 0.482 e. The second kappa shape index (κ2) is 10.3. The minimum absolute atomic E-state index is 0.0784. The van der Waals surface area contributed by atoms with Crippen LogP contribution in [0.2, 0.25) is 0 Å². The molecule has 4 fully saturated rings. The standard InChI is InChI=1S/C40H52O4/c1-23(2)13-12-18-38(11)19-17-29-26(7)33-34(41)31-21-28-22-32-37(9,10)44-39(27(28)8,20-16-25(5)6)40(31,32)43-36(33)30(35(29)42-38)15-14-24(3)4/h13-14,16-17,19,28,31-32H,8,12,15,18,20-22H2,1-7,9-11H3/t28?,31?,32?,38-,39?,40?/m1/s1. The van der Waals surface area contributed by atoms with Gasteiger partial charge < -0.3 is 14.2 Å². The Balaban J connectivity index is 1.58. The monoisotopic (exact) mass is 596 g/mol. The fraction of sp³-hybridized carbons (Fsp3) is 0.575. The van der Waals surface area contributed by atoms with Crippen molar-refractivity contribution in [2.75, 3.05) is 0 Å². The fourth-order valence-corrected chi connectivity index (χ4v) is 9.12. The fourth-order valence-electron chi connectivity index (χ4n) is 9.12. The molecule has 1 saturated heterocycles. The predicted octanol–water partition coefficient (Wildman–Crippen LogP) is 9.84. The number of ketones is 1. The summed E-state index contributed by atoms with van der Waals surface area (Å²) in [6.07, 6.45) is 16.0. The molecule has 1 aromatic rings. The summed E-state index contributed by atoms with van der Waals surface area (Å²) in [4.78, 5) is 15.0. The maximum Gasteiger partial charge on any atom is 0.174 e. The third-order valence-corrected chi connectivity index (χ3v) is 11.3. The van der Waals surface area contributed by atoms with Crippen molar-refractivity contribution < 1.29 is 19.0 Å². The minimum Gasteiger partial charge on any atom is -0.482 e. The maximum atomic E-state index is 15.0. The van der Waals surface area contributed by atoms with Crippen LogP contribution in [0.15, 0.2) is 53.2 Å². The first-order valence-electron chi connectivity index (χ1n) is 16.7. The Labute approximate surface area is 265 Å². The lowest BCUT2D eigenvalue weighted by atomic mass is 9.45. The Bertz CT molecular complexity index is 1550. The second-order valence-corrected chi connectivity index (χ2v) is 15.7. The van der Waals surface area contributed by atoms with Gasteiger partial charge >= 0.3 is 0 Å². The van der Waals surface area contributed by atoms with E-state index in [9.17, 15) is 0 Å². The van der Waals surface area contributed by atoms with Crippen LogP contribution >= 0.6 is 0 Å². The molecule has 3 heterocycles. The van der Waals surface area contributed by atoms with E-state index in [0.717, 1.165) is 59.3 Å². The zero-order valence-corrected chi connectivity index (χ0v) is 28.7. The minimum atomic E-state index is -0.810. The van der Waals surface area contributed by atoms with Gasteiger partial charge in [-0.15, -0.1) is 0 Å². The molecule has 0 aromatic heterocycles. The van der Waals surface area contributed by atoms with Gasteiger partial charge in [0.15, 0.2) is 11.4 Å². The van der Waals surface area contributed by atoms with Crippen LogP contribution < -0.4 is 9.47 Å². The summed E-state index contributed by atoms with van der Waals surface area (Å²) < 4.78 is 21.8. The molecule has 0 amide bonds. The van der Waals surface area contributed by atoms with Crippen molar-refractivity contribution >= 4 is 11.9 Å². The molecule has 3 aliphatic carbocycles. The molecule has 1 aromatic carbocycles. The van der Waals surface area contributed by atoms with E-state index < -0.39 is 22.4 Å². The lowest BCUT2D eigenvalue weighted by molar-refractivity contribution is -0.165. The van der Waals surface area contributed by atoms with E-state index in [0.29, 0.717) is 18.6 Å². The summed E-state index contributed by atoms with van der Waals surface area (Å²) in [7, 11) is 0. The Kier molecular flexibility index (Phi) is 7.32. The molecule has 4 heteroatoms. The first kappa shape index (κ1) is 31.1. The lowest BCUT2D eigenvalue weighted by Crippen LogP contribution is -2.73. The van der Waals surface area contributed by atoms with Gasteiger partial charge in [-0.25, -0.2) is 0 Å². The number of ether oxygens (including phenoxy) is 3. The summed E-state index contributed by atoms with van der Waals surface area (Å²) >= 11 is 0. The van der Waals surface area contributed by atoms with Crippen molar-refractivity contribution in [2.45, 2.75) is 130 Å². The van der Waals surface area contributed by atoms with E-state index in [-0.39, 0.29) is 23.5 Å². The highest BCUT2D eigenvalue weighted by Crippen LogP contribution is 2.72. The molecule has 6 atom stereocenters. The van der Waals surface area contributed by atoms with Crippen LogP contribution in [0.25, 0.3) is 6.08 Å². The van der Waals surface area contributed by atoms with Crippen LogP contribution in [0.4, 0.5) is 0 Å². The van der Waals surface area contributed by atoms with E-state index in [2.05, 4.69) is 99.6 Å². The van der Waals surface area contributed by atoms with Gasteiger partial charge in [-0.3, -0.25) is 4.79 Å². The quantitative estimate of drug-likeness (QED) is 0.294. The molecule has 6 aliphatic rings. The third-order valence-electron chi connectivity index (χ3n) is 11.3. The summed E-state index contributed by atoms with van der Waals surface area (Å²) in [5.41, 5.74) is 6.10. The zero-order valence-electron chi connectivity index (χ0n) is 28.7. The number of hydrogen-bond acceptors (Lipinski definition) is 4. The molecular weight excluding hydrogens is 544 g/mol. The molecule has 0 N–H and O–H groups in total. The van der Waals surface area contributed by atoms with Crippen molar-refractivity contribution in [3.05, 3.63) is 75.4 Å². The highest BCUT2D eigenvalue weighted by Gasteiger charge is 2.81. The van der Waals surface area contributed by atoms with E-state index in [4.69, 9.17) is 20.8 Å². The number of Topliss-reactive ketones (excluding diaryl/α,β-unsaturated/α-hetero) is 1. The molecule has 4 bridgehead atoms. The predicted molar refractivity (Wildman–Crippen MR) is 180 cm³/mol. The van der Waals surface area contributed by atoms with Gasteiger partial charge in [-0.1, -0.05) is 47.6 Å².